The van der Waals surface area contributed by atoms with Crippen molar-refractivity contribution in [2.45, 2.75) is 31.3 Å². The maximum atomic E-state index is 13.9. The highest BCUT2D eigenvalue weighted by molar-refractivity contribution is 6.33. The Kier molecular flexibility index (Phi) is 4.43. The minimum atomic E-state index is -1.34. The highest BCUT2D eigenvalue weighted by atomic mass is 35.5. The topological polar surface area (TPSA) is 113 Å². The first-order valence-corrected chi connectivity index (χ1v) is 11.6. The van der Waals surface area contributed by atoms with Gasteiger partial charge in [0.15, 0.2) is 0 Å². The highest BCUT2D eigenvalue weighted by Gasteiger charge is 2.74. The number of nitrogens with one attached hydrogen (secondary N) is 1. The quantitative estimate of drug-likeness (QED) is 0.382. The zero-order chi connectivity index (χ0) is 24.1. The van der Waals surface area contributed by atoms with Gasteiger partial charge in [0.25, 0.3) is 5.69 Å². The Morgan fingerprint density at radius 3 is 2.59 bits per heavy atom. The third-order valence-electron chi connectivity index (χ3n) is 7.75. The second-order valence-electron chi connectivity index (χ2n) is 9.13. The number of rotatable bonds is 2. The third kappa shape index (κ3) is 2.41. The van der Waals surface area contributed by atoms with Crippen molar-refractivity contribution in [3.8, 4) is 0 Å². The van der Waals surface area contributed by atoms with Crippen LogP contribution >= 0.6 is 23.2 Å². The van der Waals surface area contributed by atoms with E-state index in [1.165, 1.54) is 12.1 Å². The Morgan fingerprint density at radius 1 is 1.12 bits per heavy atom. The molecule has 0 saturated carbocycles. The number of amides is 3. The lowest BCUT2D eigenvalue weighted by Crippen LogP contribution is -2.54. The van der Waals surface area contributed by atoms with Gasteiger partial charge in [-0.15, -0.1) is 0 Å². The Hall–Kier alpha value is -3.01. The SMILES string of the molecule is Cc1c(Cl)ccc2c1NC(=O)[C@]21[C@H]2C(=O)N(c3ccc(Cl)c([N+](=O)[O-])c3)C(=O)[C@@H]2[C@H]2CCCN21. The highest BCUT2D eigenvalue weighted by Crippen LogP contribution is 2.61. The maximum Gasteiger partial charge on any atom is 0.289 e. The van der Waals surface area contributed by atoms with Gasteiger partial charge in [0, 0.05) is 22.7 Å². The Labute approximate surface area is 203 Å². The number of carbonyl (C=O) groups is 3. The van der Waals surface area contributed by atoms with Gasteiger partial charge in [-0.2, -0.15) is 0 Å². The fraction of sp³-hybridized carbons (Fsp3) is 0.348. The van der Waals surface area contributed by atoms with E-state index < -0.39 is 39.8 Å². The smallest absolute Gasteiger partial charge is 0.289 e. The number of nitro benzene ring substituents is 1. The largest absolute Gasteiger partial charge is 0.324 e. The van der Waals surface area contributed by atoms with Gasteiger partial charge in [-0.25, -0.2) is 4.90 Å². The van der Waals surface area contributed by atoms with Crippen LogP contribution in [0.15, 0.2) is 30.3 Å². The molecule has 174 valence electrons. The van der Waals surface area contributed by atoms with Gasteiger partial charge in [0.05, 0.1) is 28.1 Å². The fourth-order valence-corrected chi connectivity index (χ4v) is 6.77. The summed E-state index contributed by atoms with van der Waals surface area (Å²) >= 11 is 12.2. The predicted octanol–water partition coefficient (Wildman–Crippen LogP) is 3.64. The number of halogens is 2. The van der Waals surface area contributed by atoms with Crippen molar-refractivity contribution in [2.75, 3.05) is 16.8 Å². The molecule has 4 aliphatic heterocycles. The fourth-order valence-electron chi connectivity index (χ4n) is 6.43. The van der Waals surface area contributed by atoms with Crippen molar-refractivity contribution >= 4 is 58.0 Å². The van der Waals surface area contributed by atoms with Gasteiger partial charge in [0.1, 0.15) is 10.6 Å². The zero-order valence-electron chi connectivity index (χ0n) is 17.9. The second-order valence-corrected chi connectivity index (χ2v) is 9.94. The van der Waals surface area contributed by atoms with Crippen molar-refractivity contribution in [1.29, 1.82) is 0 Å². The summed E-state index contributed by atoms with van der Waals surface area (Å²) in [6.07, 6.45) is 1.46. The van der Waals surface area contributed by atoms with Gasteiger partial charge in [-0.05, 0) is 50.1 Å². The number of carbonyl (C=O) groups excluding carboxylic acids is 3. The molecular formula is C23H18Cl2N4O5. The van der Waals surface area contributed by atoms with Crippen molar-refractivity contribution in [3.05, 3.63) is 61.6 Å². The van der Waals surface area contributed by atoms with Gasteiger partial charge in [0.2, 0.25) is 17.7 Å². The monoisotopic (exact) mass is 500 g/mol. The second kappa shape index (κ2) is 7.00. The Balaban J connectivity index is 1.54. The standard InChI is InChI=1S/C23H18Cl2N4O5/c1-10-13(24)7-5-12-19(10)26-22(32)23(12)18-17(15-3-2-8-27(15)23)20(30)28(21(18)31)11-4-6-14(25)16(9-11)29(33)34/h4-7,9,15,17-18H,2-3,8H2,1H3,(H,26,32)/t15-,17-,18-,23-/m1/s1. The molecule has 4 aliphatic rings. The van der Waals surface area contributed by atoms with Crippen molar-refractivity contribution in [1.82, 2.24) is 4.90 Å². The molecule has 0 bridgehead atoms. The van der Waals surface area contributed by atoms with E-state index in [1.54, 1.807) is 19.1 Å². The van der Waals surface area contributed by atoms with Crippen LogP contribution in [0, 0.1) is 28.9 Å². The van der Waals surface area contributed by atoms with E-state index in [-0.39, 0.29) is 22.7 Å². The Bertz CT molecular complexity index is 1350. The number of imide groups is 1. The molecule has 3 saturated heterocycles. The first-order valence-electron chi connectivity index (χ1n) is 10.9. The van der Waals surface area contributed by atoms with Gasteiger partial charge in [-0.1, -0.05) is 29.3 Å². The molecule has 0 aromatic heterocycles. The maximum absolute atomic E-state index is 13.9. The zero-order valence-corrected chi connectivity index (χ0v) is 19.4. The summed E-state index contributed by atoms with van der Waals surface area (Å²) in [6, 6.07) is 7.01. The third-order valence-corrected chi connectivity index (χ3v) is 8.48. The van der Waals surface area contributed by atoms with Crippen LogP contribution in [-0.2, 0) is 19.9 Å². The van der Waals surface area contributed by atoms with Crippen LogP contribution < -0.4 is 10.2 Å². The molecule has 2 aromatic rings. The number of hydrogen-bond donors (Lipinski definition) is 1. The van der Waals surface area contributed by atoms with Crippen molar-refractivity contribution < 1.29 is 19.3 Å². The molecule has 11 heteroatoms. The number of fused-ring (bicyclic) bond motifs is 7. The lowest BCUT2D eigenvalue weighted by Gasteiger charge is -2.36. The van der Waals surface area contributed by atoms with E-state index in [4.69, 9.17) is 23.2 Å². The van der Waals surface area contributed by atoms with E-state index in [9.17, 15) is 24.5 Å². The van der Waals surface area contributed by atoms with E-state index >= 15 is 0 Å². The number of nitrogens with zero attached hydrogens (tertiary/aromatic N) is 3. The summed E-state index contributed by atoms with van der Waals surface area (Å²) in [7, 11) is 0. The molecule has 0 radical (unpaired) electrons. The van der Waals surface area contributed by atoms with E-state index in [0.717, 1.165) is 17.4 Å². The van der Waals surface area contributed by atoms with Crippen LogP contribution in [0.2, 0.25) is 10.0 Å². The molecule has 9 nitrogen and oxygen atoms in total. The van der Waals surface area contributed by atoms with Crippen LogP contribution in [0.5, 0.6) is 0 Å². The summed E-state index contributed by atoms with van der Waals surface area (Å²) in [6.45, 7) is 2.38. The summed E-state index contributed by atoms with van der Waals surface area (Å²) in [5.74, 6) is -3.04. The summed E-state index contributed by atoms with van der Waals surface area (Å²) < 4.78 is 0. The molecule has 1 spiro atoms. The molecule has 6 rings (SSSR count). The summed E-state index contributed by atoms with van der Waals surface area (Å²) in [5.41, 5.74) is 0.254. The lowest BCUT2D eigenvalue weighted by molar-refractivity contribution is -0.384. The molecule has 4 atom stereocenters. The minimum Gasteiger partial charge on any atom is -0.324 e. The average Bonchev–Trinajstić information content (AvgIpc) is 3.50. The summed E-state index contributed by atoms with van der Waals surface area (Å²) in [5, 5.41) is 14.7. The van der Waals surface area contributed by atoms with Crippen LogP contribution in [0.4, 0.5) is 17.1 Å². The number of benzene rings is 2. The van der Waals surface area contributed by atoms with Crippen molar-refractivity contribution in [2.24, 2.45) is 11.8 Å². The normalized spacial score (nSPS) is 29.6. The molecular weight excluding hydrogens is 483 g/mol. The molecule has 3 fully saturated rings. The molecule has 3 amide bonds. The molecule has 0 unspecified atom stereocenters. The molecule has 4 heterocycles. The molecule has 0 aliphatic carbocycles. The van der Waals surface area contributed by atoms with Crippen LogP contribution in [-0.4, -0.2) is 40.1 Å². The Morgan fingerprint density at radius 2 is 1.85 bits per heavy atom. The van der Waals surface area contributed by atoms with Gasteiger partial charge < -0.3 is 5.32 Å². The van der Waals surface area contributed by atoms with Crippen LogP contribution in [0.3, 0.4) is 0 Å². The number of anilines is 2. The van der Waals surface area contributed by atoms with E-state index in [1.807, 2.05) is 4.90 Å². The molecule has 2 aromatic carbocycles. The molecule has 34 heavy (non-hydrogen) atoms. The average molecular weight is 501 g/mol. The van der Waals surface area contributed by atoms with Crippen LogP contribution in [0.1, 0.15) is 24.0 Å². The predicted molar refractivity (Wildman–Crippen MR) is 124 cm³/mol. The first kappa shape index (κ1) is 21.5. The molecule has 1 N–H and O–H groups in total. The van der Waals surface area contributed by atoms with E-state index in [2.05, 4.69) is 5.32 Å². The first-order chi connectivity index (χ1) is 16.2. The minimum absolute atomic E-state index is 0.0751. The van der Waals surface area contributed by atoms with Gasteiger partial charge in [-0.3, -0.25) is 29.4 Å². The van der Waals surface area contributed by atoms with Gasteiger partial charge >= 0.3 is 0 Å². The lowest BCUT2D eigenvalue weighted by atomic mass is 9.75. The summed E-state index contributed by atoms with van der Waals surface area (Å²) in [4.78, 5) is 55.1. The number of hydrogen-bond acceptors (Lipinski definition) is 6. The number of nitro groups is 1. The van der Waals surface area contributed by atoms with E-state index in [0.29, 0.717) is 34.8 Å². The van der Waals surface area contributed by atoms with Crippen molar-refractivity contribution in [3.63, 3.8) is 0 Å². The van der Waals surface area contributed by atoms with Crippen LogP contribution in [0.25, 0.3) is 0 Å².